The summed E-state index contributed by atoms with van der Waals surface area (Å²) >= 11 is 0. The number of benzene rings is 2. The maximum Gasteiger partial charge on any atom is 0.225 e. The highest BCUT2D eigenvalue weighted by Gasteiger charge is 2.27. The maximum atomic E-state index is 11.7. The molecule has 1 atom stereocenters. The number of hydrogen-bond acceptors (Lipinski definition) is 4. The van der Waals surface area contributed by atoms with Crippen LogP contribution in [0.15, 0.2) is 54.7 Å². The summed E-state index contributed by atoms with van der Waals surface area (Å²) in [6.45, 7) is 0. The van der Waals surface area contributed by atoms with E-state index in [9.17, 15) is 4.79 Å². The molecule has 3 heterocycles. The summed E-state index contributed by atoms with van der Waals surface area (Å²) in [5, 5.41) is 2.83. The molecule has 2 aliphatic rings. The number of aryl methyl sites for hydroxylation is 1. The number of rotatable bonds is 3. The van der Waals surface area contributed by atoms with Crippen LogP contribution in [0.25, 0.3) is 11.0 Å². The number of anilines is 1. The summed E-state index contributed by atoms with van der Waals surface area (Å²) < 4.78 is 6.26. The van der Waals surface area contributed by atoms with Crippen molar-refractivity contribution in [1.82, 2.24) is 15.0 Å². The van der Waals surface area contributed by atoms with Crippen molar-refractivity contribution < 1.29 is 9.53 Å². The number of H-pyrrole nitrogens is 1. The first-order valence-corrected chi connectivity index (χ1v) is 10.3. The summed E-state index contributed by atoms with van der Waals surface area (Å²) in [5.74, 6) is 3.39. The number of imidazole rings is 1. The quantitative estimate of drug-likeness (QED) is 0.525. The van der Waals surface area contributed by atoms with Crippen molar-refractivity contribution in [3.63, 3.8) is 0 Å². The molecule has 2 N–H and O–H groups in total. The minimum atomic E-state index is -0.00152. The largest absolute Gasteiger partial charge is 0.457 e. The fraction of sp³-hybridized carbons (Fsp3) is 0.208. The minimum absolute atomic E-state index is 0.00152. The van der Waals surface area contributed by atoms with Gasteiger partial charge in [0.15, 0.2) is 0 Å². The molecule has 1 amide bonds. The van der Waals surface area contributed by atoms with E-state index in [4.69, 9.17) is 9.72 Å². The van der Waals surface area contributed by atoms with Crippen LogP contribution in [0.5, 0.6) is 11.5 Å². The third-order valence-electron chi connectivity index (χ3n) is 6.03. The molecule has 148 valence electrons. The van der Waals surface area contributed by atoms with Crippen LogP contribution in [0.2, 0.25) is 0 Å². The van der Waals surface area contributed by atoms with Gasteiger partial charge >= 0.3 is 0 Å². The molecular formula is C24H20N4O2. The Morgan fingerprint density at radius 3 is 2.90 bits per heavy atom. The molecule has 0 saturated heterocycles. The molecule has 4 aromatic rings. The fourth-order valence-corrected chi connectivity index (χ4v) is 4.55. The van der Waals surface area contributed by atoms with Gasteiger partial charge in [0, 0.05) is 24.1 Å². The molecule has 1 unspecified atom stereocenters. The zero-order valence-corrected chi connectivity index (χ0v) is 16.3. The normalized spacial score (nSPS) is 17.5. The number of carbonyl (C=O) groups is 1. The molecule has 0 radical (unpaired) electrons. The van der Waals surface area contributed by atoms with Gasteiger partial charge in [-0.15, -0.1) is 0 Å². The van der Waals surface area contributed by atoms with Crippen LogP contribution >= 0.6 is 0 Å². The highest BCUT2D eigenvalue weighted by atomic mass is 16.5. The molecule has 0 saturated carbocycles. The molecule has 6 nitrogen and oxygen atoms in total. The van der Waals surface area contributed by atoms with Crippen LogP contribution in [0.1, 0.15) is 41.3 Å². The molecule has 30 heavy (non-hydrogen) atoms. The number of fused-ring (bicyclic) bond motifs is 3. The number of para-hydroxylation sites is 2. The van der Waals surface area contributed by atoms with E-state index in [0.717, 1.165) is 46.8 Å². The van der Waals surface area contributed by atoms with Gasteiger partial charge in [-0.25, -0.2) is 9.97 Å². The van der Waals surface area contributed by atoms with Crippen molar-refractivity contribution in [2.75, 3.05) is 5.32 Å². The number of aromatic nitrogens is 3. The fourth-order valence-electron chi connectivity index (χ4n) is 4.55. The second kappa shape index (κ2) is 6.69. The van der Waals surface area contributed by atoms with Gasteiger partial charge in [0.05, 0.1) is 11.0 Å². The van der Waals surface area contributed by atoms with Crippen LogP contribution < -0.4 is 10.1 Å². The van der Waals surface area contributed by atoms with E-state index in [0.29, 0.717) is 18.7 Å². The van der Waals surface area contributed by atoms with Gasteiger partial charge in [0.25, 0.3) is 0 Å². The molecule has 2 aromatic heterocycles. The van der Waals surface area contributed by atoms with Gasteiger partial charge in [-0.1, -0.05) is 18.2 Å². The Morgan fingerprint density at radius 2 is 1.97 bits per heavy atom. The first-order valence-electron chi connectivity index (χ1n) is 10.3. The molecule has 0 spiro atoms. The highest BCUT2D eigenvalue weighted by Crippen LogP contribution is 2.41. The molecule has 6 rings (SSSR count). The summed E-state index contributed by atoms with van der Waals surface area (Å²) in [4.78, 5) is 24.3. The van der Waals surface area contributed by atoms with Crippen LogP contribution in [0, 0.1) is 0 Å². The van der Waals surface area contributed by atoms with Crippen LogP contribution in [-0.4, -0.2) is 20.9 Å². The van der Waals surface area contributed by atoms with Crippen molar-refractivity contribution in [2.45, 2.75) is 31.6 Å². The van der Waals surface area contributed by atoms with E-state index in [2.05, 4.69) is 33.5 Å². The number of hydrogen-bond donors (Lipinski definition) is 2. The van der Waals surface area contributed by atoms with Gasteiger partial charge in [-0.3, -0.25) is 4.79 Å². The number of nitrogens with zero attached hydrogens (tertiary/aromatic N) is 2. The lowest BCUT2D eigenvalue weighted by Gasteiger charge is -2.19. The van der Waals surface area contributed by atoms with Gasteiger partial charge < -0.3 is 15.0 Å². The lowest BCUT2D eigenvalue weighted by molar-refractivity contribution is -0.116. The third kappa shape index (κ3) is 2.84. The average molecular weight is 396 g/mol. The third-order valence-corrected chi connectivity index (χ3v) is 6.03. The molecule has 2 aromatic carbocycles. The minimum Gasteiger partial charge on any atom is -0.457 e. The van der Waals surface area contributed by atoms with Crippen molar-refractivity contribution in [3.05, 3.63) is 77.2 Å². The molecule has 0 bridgehead atoms. The SMILES string of the molecule is O=C1CCc2c(Oc3ccc4c(c3)C(c3nc5ccccc5[nH]3)CC4)ccnc2N1. The second-order valence-corrected chi connectivity index (χ2v) is 7.88. The van der Waals surface area contributed by atoms with Gasteiger partial charge in [-0.2, -0.15) is 0 Å². The molecule has 0 fully saturated rings. The Hall–Kier alpha value is -3.67. The van der Waals surface area contributed by atoms with Crippen molar-refractivity contribution in [1.29, 1.82) is 0 Å². The van der Waals surface area contributed by atoms with Gasteiger partial charge in [0.1, 0.15) is 23.1 Å². The van der Waals surface area contributed by atoms with Crippen molar-refractivity contribution in [2.24, 2.45) is 0 Å². The topological polar surface area (TPSA) is 79.9 Å². The Bertz CT molecular complexity index is 1260. The van der Waals surface area contributed by atoms with Crippen LogP contribution in [0.3, 0.4) is 0 Å². The Morgan fingerprint density at radius 1 is 1.03 bits per heavy atom. The lowest BCUT2D eigenvalue weighted by atomic mass is 10.0. The standard InChI is InChI=1S/C24H20N4O2/c29-22-10-9-17-21(11-12-25-23(17)28-22)30-15-7-5-14-6-8-16(18(14)13-15)24-26-19-3-1-2-4-20(19)27-24/h1-5,7,11-13,16H,6,8-10H2,(H,26,27)(H,25,28,29). The van der Waals surface area contributed by atoms with Gasteiger partial charge in [0.2, 0.25) is 5.91 Å². The predicted molar refractivity (Wildman–Crippen MR) is 114 cm³/mol. The Kier molecular flexibility index (Phi) is 3.84. The smallest absolute Gasteiger partial charge is 0.225 e. The number of nitrogens with one attached hydrogen (secondary N) is 2. The Labute approximate surface area is 173 Å². The number of amides is 1. The zero-order chi connectivity index (χ0) is 20.1. The van der Waals surface area contributed by atoms with Gasteiger partial charge in [-0.05, 0) is 60.7 Å². The van der Waals surface area contributed by atoms with E-state index in [1.165, 1.54) is 11.1 Å². The molecule has 6 heteroatoms. The first-order chi connectivity index (χ1) is 14.7. The zero-order valence-electron chi connectivity index (χ0n) is 16.3. The lowest BCUT2D eigenvalue weighted by Crippen LogP contribution is -2.20. The number of carbonyl (C=O) groups excluding carboxylic acids is 1. The van der Waals surface area contributed by atoms with E-state index < -0.39 is 0 Å². The van der Waals surface area contributed by atoms with Crippen molar-refractivity contribution >= 4 is 22.8 Å². The molecular weight excluding hydrogens is 376 g/mol. The number of pyridine rings is 1. The van der Waals surface area contributed by atoms with E-state index in [1.807, 2.05) is 30.3 Å². The first kappa shape index (κ1) is 17.2. The summed E-state index contributed by atoms with van der Waals surface area (Å²) in [6, 6.07) is 16.3. The van der Waals surface area contributed by atoms with E-state index >= 15 is 0 Å². The van der Waals surface area contributed by atoms with Crippen LogP contribution in [0.4, 0.5) is 5.82 Å². The molecule has 1 aliphatic heterocycles. The van der Waals surface area contributed by atoms with E-state index in [-0.39, 0.29) is 11.8 Å². The highest BCUT2D eigenvalue weighted by molar-refractivity contribution is 5.93. The predicted octanol–water partition coefficient (Wildman–Crippen LogP) is 4.71. The monoisotopic (exact) mass is 396 g/mol. The average Bonchev–Trinajstić information content (AvgIpc) is 3.37. The van der Waals surface area contributed by atoms with Crippen LogP contribution in [-0.2, 0) is 17.6 Å². The van der Waals surface area contributed by atoms with E-state index in [1.54, 1.807) is 6.20 Å². The summed E-state index contributed by atoms with van der Waals surface area (Å²) in [6.07, 6.45) is 4.83. The number of ether oxygens (including phenoxy) is 1. The number of aromatic amines is 1. The molecule has 1 aliphatic carbocycles. The maximum absolute atomic E-state index is 11.7. The Balaban J connectivity index is 1.34. The second-order valence-electron chi connectivity index (χ2n) is 7.88. The van der Waals surface area contributed by atoms with Crippen molar-refractivity contribution in [3.8, 4) is 11.5 Å². The summed E-state index contributed by atoms with van der Waals surface area (Å²) in [7, 11) is 0. The summed E-state index contributed by atoms with van der Waals surface area (Å²) in [5.41, 5.74) is 5.63.